The summed E-state index contributed by atoms with van der Waals surface area (Å²) in [5, 5.41) is 7.31. The lowest BCUT2D eigenvalue weighted by Gasteiger charge is -2.17. The van der Waals surface area contributed by atoms with Crippen LogP contribution >= 0.6 is 0 Å². The molecule has 0 aliphatic rings. The highest BCUT2D eigenvalue weighted by Crippen LogP contribution is 2.31. The maximum Gasteiger partial charge on any atom is 0.130 e. The van der Waals surface area contributed by atoms with Crippen LogP contribution in [0.2, 0.25) is 0 Å². The van der Waals surface area contributed by atoms with Crippen molar-refractivity contribution in [2.24, 2.45) is 47.3 Å². The number of rotatable bonds is 26. The molecule has 0 aliphatic heterocycles. The molecular weight excluding hydrogens is 1390 g/mol. The average Bonchev–Trinajstić information content (AvgIpc) is 1.18. The number of hydrogen-bond acceptors (Lipinski definition) is 7. The number of aromatic nitrogens is 7. The van der Waals surface area contributed by atoms with E-state index in [-0.39, 0.29) is 17.8 Å². The van der Waals surface area contributed by atoms with E-state index in [4.69, 9.17) is 4.74 Å². The van der Waals surface area contributed by atoms with Gasteiger partial charge in [0.25, 0.3) is 0 Å². The number of halogens is 1. The molecule has 1 unspecified atom stereocenters. The second kappa shape index (κ2) is 58.5. The molecule has 4 aromatic carbocycles. The van der Waals surface area contributed by atoms with Crippen LogP contribution in [0.1, 0.15) is 399 Å². The topological polar surface area (TPSA) is 102 Å². The van der Waals surface area contributed by atoms with E-state index >= 15 is 0 Å². The van der Waals surface area contributed by atoms with Gasteiger partial charge in [-0.05, 0) is 228 Å². The number of pyridine rings is 1. The molecule has 8 aromatic rings. The van der Waals surface area contributed by atoms with Crippen LogP contribution in [-0.4, -0.2) is 41.2 Å². The smallest absolute Gasteiger partial charge is 0.130 e. The van der Waals surface area contributed by atoms with E-state index in [9.17, 15) is 4.39 Å². The summed E-state index contributed by atoms with van der Waals surface area (Å²) >= 11 is 0. The fourth-order valence-corrected chi connectivity index (χ4v) is 11.8. The number of nitrogens with one attached hydrogen (secondary N) is 1. The summed E-state index contributed by atoms with van der Waals surface area (Å²) in [5.74, 6) is 12.3. The molecule has 0 amide bonds. The predicted octanol–water partition coefficient (Wildman–Crippen LogP) is 31.5. The van der Waals surface area contributed by atoms with E-state index in [1.807, 2.05) is 52.2 Å². The van der Waals surface area contributed by atoms with Crippen molar-refractivity contribution < 1.29 is 9.13 Å². The minimum absolute atomic E-state index is 0.0781. The van der Waals surface area contributed by atoms with Gasteiger partial charge in [0, 0.05) is 58.8 Å². The van der Waals surface area contributed by atoms with E-state index < -0.39 is 0 Å². The zero-order chi connectivity index (χ0) is 87.1. The molecule has 1 atom stereocenters. The van der Waals surface area contributed by atoms with Gasteiger partial charge in [0.2, 0.25) is 0 Å². The van der Waals surface area contributed by atoms with Crippen LogP contribution in [0.3, 0.4) is 0 Å². The van der Waals surface area contributed by atoms with Crippen LogP contribution in [0.25, 0.3) is 0 Å². The zero-order valence-corrected chi connectivity index (χ0v) is 79.6. The fourth-order valence-electron chi connectivity index (χ4n) is 11.8. The zero-order valence-electron chi connectivity index (χ0n) is 79.6. The van der Waals surface area contributed by atoms with Crippen LogP contribution in [0.4, 0.5) is 4.39 Å². The molecular formula is C105H168FN7O. The van der Waals surface area contributed by atoms with Crippen LogP contribution < -0.4 is 4.74 Å². The third-order valence-corrected chi connectivity index (χ3v) is 18.4. The van der Waals surface area contributed by atoms with Crippen LogP contribution in [-0.2, 0) is 25.7 Å². The Kier molecular flexibility index (Phi) is 54.7. The van der Waals surface area contributed by atoms with Gasteiger partial charge in [-0.1, -0.05) is 339 Å². The Labute approximate surface area is 701 Å². The van der Waals surface area contributed by atoms with Crippen molar-refractivity contribution in [2.75, 3.05) is 0 Å². The standard InChI is InChI=1S/C15H22.C13H20.C12H17FO.C12H19N.C12H18.2C11H18N2.C10H18N2.C9H18/c1-12(2)10-11-15(13(3)4)14-8-6-5-7-9-14;1-9(2)12-7-6-11(5)13(8-12)10(3)4;1-8(2)12-10(13)6-5-7-11(12)14-9(3)4;1-9(2)7-12-8-11(10(3)4)5-6-13-12;1-9(2)11-6-5-7-12(8-11)10(3)4;1-8(2)5-10-6-11(9(3)4)13-7-12-10;1-8(2)7-11-12-6-5-10(13-11)9(3)4;1-7(2)5-9-6-10(8(3)4)12-11-9;1-8(2)6-5-7-9(3)4/h5-13,15H,1-4H3;6-10H,1-5H3;5-9H,1-4H3;5-6,8-10H,7H2,1-4H3;5-10H,1-4H3;6-9H,5H2,1-4H3;5-6,8-9H,7H2,1-4H3;6-8H,5H2,1-4H3,(H,11,12);5-6,8-9H,7H2,1-4H3. The maximum atomic E-state index is 13.5. The molecule has 9 heteroatoms. The minimum Gasteiger partial charge on any atom is -0.491 e. The summed E-state index contributed by atoms with van der Waals surface area (Å²) in [6, 6.07) is 42.1. The molecule has 4 aromatic heterocycles. The Morgan fingerprint density at radius 1 is 0.377 bits per heavy atom. The van der Waals surface area contributed by atoms with Gasteiger partial charge in [0.1, 0.15) is 23.7 Å². The number of benzene rings is 4. The van der Waals surface area contributed by atoms with Gasteiger partial charge in [-0.2, -0.15) is 5.10 Å². The molecule has 0 saturated carbocycles. The molecule has 636 valence electrons. The van der Waals surface area contributed by atoms with Gasteiger partial charge in [0.05, 0.1) is 11.8 Å². The van der Waals surface area contributed by atoms with Gasteiger partial charge in [-0.3, -0.25) is 10.1 Å². The van der Waals surface area contributed by atoms with Gasteiger partial charge < -0.3 is 4.74 Å². The lowest BCUT2D eigenvalue weighted by Crippen LogP contribution is -2.09. The highest BCUT2D eigenvalue weighted by molar-refractivity contribution is 5.38. The number of aromatic amines is 1. The summed E-state index contributed by atoms with van der Waals surface area (Å²) in [6.07, 6.45) is 20.1. The Morgan fingerprint density at radius 2 is 0.868 bits per heavy atom. The second-order valence-corrected chi connectivity index (χ2v) is 37.2. The Hall–Kier alpha value is -7.39. The Morgan fingerprint density at radius 3 is 1.32 bits per heavy atom. The number of allylic oxidation sites excluding steroid dienone is 4. The quantitative estimate of drug-likeness (QED) is 0.0539. The highest BCUT2D eigenvalue weighted by Gasteiger charge is 2.16. The number of H-pyrrole nitrogens is 1. The van der Waals surface area contributed by atoms with Crippen molar-refractivity contribution in [3.05, 3.63) is 255 Å². The highest BCUT2D eigenvalue weighted by atomic mass is 19.1. The van der Waals surface area contributed by atoms with Crippen LogP contribution in [0.5, 0.6) is 5.75 Å². The van der Waals surface area contributed by atoms with Crippen molar-refractivity contribution in [3.63, 3.8) is 0 Å². The lowest BCUT2D eigenvalue weighted by atomic mass is 9.87. The molecule has 8 rings (SSSR count). The largest absolute Gasteiger partial charge is 0.491 e. The van der Waals surface area contributed by atoms with Crippen molar-refractivity contribution in [1.29, 1.82) is 0 Å². The van der Waals surface area contributed by atoms with Crippen molar-refractivity contribution in [2.45, 2.75) is 354 Å². The fraction of sp³-hybridized carbons (Fsp3) is 0.581. The first-order chi connectivity index (χ1) is 53.3. The summed E-state index contributed by atoms with van der Waals surface area (Å²) in [7, 11) is 0. The molecule has 0 bridgehead atoms. The normalized spacial score (nSPS) is 11.7. The van der Waals surface area contributed by atoms with Gasteiger partial charge in [0.15, 0.2) is 0 Å². The number of aryl methyl sites for hydroxylation is 1. The van der Waals surface area contributed by atoms with E-state index in [0.717, 1.165) is 54.5 Å². The van der Waals surface area contributed by atoms with Crippen LogP contribution in [0, 0.1) is 60.1 Å². The first kappa shape index (κ1) is 107. The molecule has 0 saturated heterocycles. The first-order valence-corrected chi connectivity index (χ1v) is 43.9. The van der Waals surface area contributed by atoms with E-state index in [1.54, 1.807) is 12.4 Å². The number of ether oxygens (including phenoxy) is 1. The van der Waals surface area contributed by atoms with Gasteiger partial charge in [-0.25, -0.2) is 24.3 Å². The van der Waals surface area contributed by atoms with E-state index in [1.165, 1.54) is 68.5 Å². The molecule has 8 nitrogen and oxygen atoms in total. The van der Waals surface area contributed by atoms with Crippen molar-refractivity contribution >= 4 is 0 Å². The maximum absolute atomic E-state index is 13.5. The SMILES string of the molecule is CC(C)C=CC(c1ccccc1)C(C)C.CC(C)C=CCC(C)C.CC(C)Cc1cc(C(C)C)ccn1.CC(C)Cc1cc(C(C)C)n[nH]1.CC(C)Cc1cc(C(C)C)ncn1.CC(C)Cc1nccc(C(C)C)n1.CC(C)Oc1cccc(F)c1C(C)C.CC(C)c1cccc(C(C)C)c1.Cc1ccc(C(C)C)cc1C(C)C. The second-order valence-electron chi connectivity index (χ2n) is 37.2. The molecule has 114 heavy (non-hydrogen) atoms. The first-order valence-electron chi connectivity index (χ1n) is 43.9. The lowest BCUT2D eigenvalue weighted by molar-refractivity contribution is 0.237. The monoisotopic (exact) mass is 1560 g/mol. The average molecular weight is 1560 g/mol. The third kappa shape index (κ3) is 48.9. The van der Waals surface area contributed by atoms with Crippen molar-refractivity contribution in [1.82, 2.24) is 35.1 Å². The molecule has 0 fully saturated rings. The van der Waals surface area contributed by atoms with E-state index in [2.05, 4.69) is 385 Å². The molecule has 1 N–H and O–H groups in total. The number of hydrogen-bond donors (Lipinski definition) is 1. The third-order valence-electron chi connectivity index (χ3n) is 18.4. The summed E-state index contributed by atoms with van der Waals surface area (Å²) in [6.45, 7) is 80.9. The van der Waals surface area contributed by atoms with Gasteiger partial charge in [-0.15, -0.1) is 0 Å². The van der Waals surface area contributed by atoms with E-state index in [0.29, 0.717) is 106 Å². The Balaban J connectivity index is 0.00000126. The molecule has 0 radical (unpaired) electrons. The number of nitrogens with zero attached hydrogens (tertiary/aromatic N) is 6. The minimum atomic E-state index is -0.182. The van der Waals surface area contributed by atoms with Crippen molar-refractivity contribution in [3.8, 4) is 5.75 Å². The summed E-state index contributed by atoms with van der Waals surface area (Å²) < 4.78 is 19.0. The summed E-state index contributed by atoms with van der Waals surface area (Å²) in [4.78, 5) is 21.6. The Bertz CT molecular complexity index is 3640. The molecule has 0 aliphatic carbocycles. The molecule has 0 spiro atoms. The van der Waals surface area contributed by atoms with Gasteiger partial charge >= 0.3 is 0 Å². The summed E-state index contributed by atoms with van der Waals surface area (Å²) in [5.41, 5.74) is 17.8. The molecule has 4 heterocycles. The van der Waals surface area contributed by atoms with Crippen LogP contribution in [0.15, 0.2) is 164 Å². The predicted molar refractivity (Wildman–Crippen MR) is 499 cm³/mol.